The first kappa shape index (κ1) is 16.8. The van der Waals surface area contributed by atoms with Crippen LogP contribution in [0.15, 0.2) is 41.4 Å². The van der Waals surface area contributed by atoms with Crippen LogP contribution in [0.3, 0.4) is 0 Å². The molecule has 0 radical (unpaired) electrons. The maximum atomic E-state index is 12.2. The highest BCUT2D eigenvalue weighted by molar-refractivity contribution is 7.99. The van der Waals surface area contributed by atoms with Crippen molar-refractivity contribution in [3.8, 4) is 10.6 Å². The number of carbonyl (C=O) groups is 1. The van der Waals surface area contributed by atoms with Gasteiger partial charge in [0.25, 0.3) is 0 Å². The minimum absolute atomic E-state index is 0.0970. The summed E-state index contributed by atoms with van der Waals surface area (Å²) in [5, 5.41) is 10.3. The van der Waals surface area contributed by atoms with Gasteiger partial charge in [-0.2, -0.15) is 0 Å². The van der Waals surface area contributed by atoms with Crippen molar-refractivity contribution in [1.29, 1.82) is 0 Å². The molecule has 0 unspecified atom stereocenters. The third kappa shape index (κ3) is 3.88. The number of thioether (sulfide) groups is 1. The van der Waals surface area contributed by atoms with Gasteiger partial charge in [0.1, 0.15) is 10.7 Å². The Morgan fingerprint density at radius 3 is 2.38 bits per heavy atom. The minimum atomic E-state index is 0.0970. The second-order valence-corrected chi connectivity index (χ2v) is 7.68. The highest BCUT2D eigenvalue weighted by atomic mass is 32.2. The van der Waals surface area contributed by atoms with Crippen LogP contribution in [-0.2, 0) is 0 Å². The van der Waals surface area contributed by atoms with Crippen LogP contribution >= 0.6 is 23.1 Å². The highest BCUT2D eigenvalue weighted by Crippen LogP contribution is 2.28. The number of benzene rings is 1. The first-order valence-electron chi connectivity index (χ1n) is 7.54. The average molecular weight is 355 g/mol. The van der Waals surface area contributed by atoms with Crippen LogP contribution in [0.4, 0.5) is 0 Å². The fraction of sp³-hybridized carbons (Fsp3) is 0.222. The Kier molecular flexibility index (Phi) is 5.06. The minimum Gasteiger partial charge on any atom is -0.293 e. The Balaban J connectivity index is 1.65. The zero-order valence-corrected chi connectivity index (χ0v) is 15.4. The highest BCUT2D eigenvalue weighted by Gasteiger charge is 2.11. The Hall–Kier alpha value is -2.05. The molecular weight excluding hydrogens is 338 g/mol. The van der Waals surface area contributed by atoms with Crippen LogP contribution in [0, 0.1) is 20.8 Å². The van der Waals surface area contributed by atoms with Crippen LogP contribution < -0.4 is 0 Å². The molecule has 1 aromatic carbocycles. The van der Waals surface area contributed by atoms with Gasteiger partial charge in [-0.25, -0.2) is 4.98 Å². The summed E-state index contributed by atoms with van der Waals surface area (Å²) in [5.74, 6) is 0.454. The normalized spacial score (nSPS) is 10.8. The van der Waals surface area contributed by atoms with Gasteiger partial charge in [0, 0.05) is 5.56 Å². The van der Waals surface area contributed by atoms with E-state index in [1.165, 1.54) is 11.8 Å². The summed E-state index contributed by atoms with van der Waals surface area (Å²) < 4.78 is 0. The van der Waals surface area contributed by atoms with Gasteiger partial charge in [-0.05, 0) is 32.9 Å². The Morgan fingerprint density at radius 1 is 1.04 bits per heavy atom. The molecule has 0 aliphatic heterocycles. The summed E-state index contributed by atoms with van der Waals surface area (Å²) in [6.45, 7) is 5.96. The molecular formula is C18H17N3OS2. The largest absolute Gasteiger partial charge is 0.293 e. The lowest BCUT2D eigenvalue weighted by Crippen LogP contribution is -2.02. The van der Waals surface area contributed by atoms with Crippen molar-refractivity contribution in [3.05, 3.63) is 58.2 Å². The van der Waals surface area contributed by atoms with E-state index in [0.717, 1.165) is 37.4 Å². The molecule has 0 atom stereocenters. The third-order valence-corrected chi connectivity index (χ3v) is 5.52. The molecule has 0 N–H and O–H groups in total. The average Bonchev–Trinajstić information content (AvgIpc) is 2.92. The zero-order chi connectivity index (χ0) is 17.1. The number of hydrogen-bond acceptors (Lipinski definition) is 6. The number of thiazole rings is 1. The Labute approximate surface area is 149 Å². The molecule has 3 rings (SSSR count). The maximum Gasteiger partial charge on any atom is 0.173 e. The predicted molar refractivity (Wildman–Crippen MR) is 98.8 cm³/mol. The first-order valence-corrected chi connectivity index (χ1v) is 9.34. The number of aryl methyl sites for hydroxylation is 3. The van der Waals surface area contributed by atoms with Gasteiger partial charge in [-0.1, -0.05) is 41.6 Å². The van der Waals surface area contributed by atoms with E-state index in [1.54, 1.807) is 11.3 Å². The van der Waals surface area contributed by atoms with Crippen LogP contribution in [0.1, 0.15) is 26.6 Å². The molecule has 3 aromatic rings. The second kappa shape index (κ2) is 7.23. The van der Waals surface area contributed by atoms with E-state index in [2.05, 4.69) is 15.2 Å². The van der Waals surface area contributed by atoms with Gasteiger partial charge in [0.2, 0.25) is 0 Å². The van der Waals surface area contributed by atoms with Crippen LogP contribution in [0.2, 0.25) is 0 Å². The first-order chi connectivity index (χ1) is 11.5. The topological polar surface area (TPSA) is 55.7 Å². The second-order valence-electron chi connectivity index (χ2n) is 5.48. The van der Waals surface area contributed by atoms with E-state index in [9.17, 15) is 4.79 Å². The Bertz CT molecular complexity index is 855. The fourth-order valence-corrected chi connectivity index (χ4v) is 3.84. The van der Waals surface area contributed by atoms with Crippen molar-refractivity contribution in [2.45, 2.75) is 25.8 Å². The Morgan fingerprint density at radius 2 is 1.79 bits per heavy atom. The number of hydrogen-bond donors (Lipinski definition) is 0. The summed E-state index contributed by atoms with van der Waals surface area (Å²) in [4.78, 5) is 17.6. The molecule has 0 aliphatic rings. The van der Waals surface area contributed by atoms with Crippen molar-refractivity contribution >= 4 is 28.9 Å². The van der Waals surface area contributed by atoms with Crippen molar-refractivity contribution in [2.75, 3.05) is 5.75 Å². The monoisotopic (exact) mass is 355 g/mol. The van der Waals surface area contributed by atoms with Crippen molar-refractivity contribution in [2.24, 2.45) is 0 Å². The lowest BCUT2D eigenvalue weighted by molar-refractivity contribution is 0.102. The van der Waals surface area contributed by atoms with E-state index >= 15 is 0 Å². The van der Waals surface area contributed by atoms with E-state index in [-0.39, 0.29) is 5.78 Å². The van der Waals surface area contributed by atoms with Gasteiger partial charge in [-0.3, -0.25) is 4.79 Å². The predicted octanol–water partition coefficient (Wildman–Crippen LogP) is 4.50. The zero-order valence-electron chi connectivity index (χ0n) is 13.7. The smallest absolute Gasteiger partial charge is 0.173 e. The molecule has 0 aliphatic carbocycles. The molecule has 0 saturated heterocycles. The molecule has 6 heteroatoms. The van der Waals surface area contributed by atoms with E-state index in [4.69, 9.17) is 0 Å². The standard InChI is InChI=1S/C18H17N3OS2/c1-11-4-6-14(7-5-11)16(22)10-23-17-9-8-15(20-21-17)18-12(2)19-13(3)24-18/h4-9H,10H2,1-3H3. The number of carbonyl (C=O) groups excluding carboxylic acids is 1. The molecule has 0 bridgehead atoms. The number of nitrogens with zero attached hydrogens (tertiary/aromatic N) is 3. The van der Waals surface area contributed by atoms with E-state index in [0.29, 0.717) is 5.75 Å². The van der Waals surface area contributed by atoms with Crippen molar-refractivity contribution < 1.29 is 4.79 Å². The van der Waals surface area contributed by atoms with E-state index < -0.39 is 0 Å². The maximum absolute atomic E-state index is 12.2. The number of ketones is 1. The summed E-state index contributed by atoms with van der Waals surface area (Å²) in [6.07, 6.45) is 0. The molecule has 0 fully saturated rings. The number of aromatic nitrogens is 3. The summed E-state index contributed by atoms with van der Waals surface area (Å²) in [7, 11) is 0. The molecule has 0 spiro atoms. The van der Waals surface area contributed by atoms with Crippen molar-refractivity contribution in [3.63, 3.8) is 0 Å². The van der Waals surface area contributed by atoms with Crippen LogP contribution in [-0.4, -0.2) is 26.7 Å². The summed E-state index contributed by atoms with van der Waals surface area (Å²) >= 11 is 3.02. The quantitative estimate of drug-likeness (QED) is 0.498. The molecule has 2 heterocycles. The van der Waals surface area contributed by atoms with Crippen LogP contribution in [0.25, 0.3) is 10.6 Å². The fourth-order valence-electron chi connectivity index (χ4n) is 2.25. The van der Waals surface area contributed by atoms with Crippen molar-refractivity contribution in [1.82, 2.24) is 15.2 Å². The number of Topliss-reactive ketones (excluding diaryl/α,β-unsaturated/α-hetero) is 1. The molecule has 2 aromatic heterocycles. The van der Waals surface area contributed by atoms with Gasteiger partial charge in [0.15, 0.2) is 5.78 Å². The SMILES string of the molecule is Cc1ccc(C(=O)CSc2ccc(-c3sc(C)nc3C)nn2)cc1. The van der Waals surface area contributed by atoms with Gasteiger partial charge in [0.05, 0.1) is 21.3 Å². The molecule has 4 nitrogen and oxygen atoms in total. The molecule has 24 heavy (non-hydrogen) atoms. The third-order valence-electron chi connectivity index (χ3n) is 3.50. The van der Waals surface area contributed by atoms with Gasteiger partial charge < -0.3 is 0 Å². The van der Waals surface area contributed by atoms with Crippen LogP contribution in [0.5, 0.6) is 0 Å². The summed E-state index contributed by atoms with van der Waals surface area (Å²) in [6, 6.07) is 11.5. The van der Waals surface area contributed by atoms with Gasteiger partial charge >= 0.3 is 0 Å². The lowest BCUT2D eigenvalue weighted by atomic mass is 10.1. The molecule has 122 valence electrons. The lowest BCUT2D eigenvalue weighted by Gasteiger charge is -2.02. The molecule has 0 amide bonds. The number of rotatable bonds is 5. The van der Waals surface area contributed by atoms with E-state index in [1.807, 2.05) is 57.2 Å². The summed E-state index contributed by atoms with van der Waals surface area (Å²) in [5.41, 5.74) is 3.68. The molecule has 0 saturated carbocycles. The van der Waals surface area contributed by atoms with Gasteiger partial charge in [-0.15, -0.1) is 21.5 Å².